The lowest BCUT2D eigenvalue weighted by Gasteiger charge is -2.25. The van der Waals surface area contributed by atoms with Gasteiger partial charge in [-0.05, 0) is 61.7 Å². The van der Waals surface area contributed by atoms with Gasteiger partial charge in [-0.1, -0.05) is 6.92 Å². The minimum Gasteiger partial charge on any atom is -0.465 e. The largest absolute Gasteiger partial charge is 0.465 e. The van der Waals surface area contributed by atoms with Gasteiger partial charge in [0.2, 0.25) is 0 Å². The Hall–Kier alpha value is -1.62. The van der Waals surface area contributed by atoms with Crippen molar-refractivity contribution < 1.29 is 9.53 Å². The normalized spacial score (nSPS) is 13.6. The van der Waals surface area contributed by atoms with Crippen LogP contribution >= 0.6 is 12.2 Å². The van der Waals surface area contributed by atoms with Crippen molar-refractivity contribution in [3.8, 4) is 0 Å². The van der Waals surface area contributed by atoms with Gasteiger partial charge in [-0.15, -0.1) is 0 Å². The number of benzene rings is 1. The van der Waals surface area contributed by atoms with Gasteiger partial charge in [0.25, 0.3) is 0 Å². The highest BCUT2D eigenvalue weighted by Crippen LogP contribution is 2.30. The summed E-state index contributed by atoms with van der Waals surface area (Å²) in [4.78, 5) is 13.6. The van der Waals surface area contributed by atoms with E-state index in [0.29, 0.717) is 5.56 Å². The lowest BCUT2D eigenvalue weighted by atomic mass is 10.2. The fraction of sp³-hybridized carbons (Fsp3) is 0.500. The van der Waals surface area contributed by atoms with Gasteiger partial charge in [0.15, 0.2) is 5.11 Å². The summed E-state index contributed by atoms with van der Waals surface area (Å²) in [7, 11) is 1.38. The van der Waals surface area contributed by atoms with E-state index in [1.165, 1.54) is 20.0 Å². The van der Waals surface area contributed by atoms with E-state index in [9.17, 15) is 4.79 Å². The van der Waals surface area contributed by atoms with E-state index < -0.39 is 0 Å². The number of ether oxygens (including phenoxy) is 1. The van der Waals surface area contributed by atoms with Crippen molar-refractivity contribution >= 4 is 29.0 Å². The van der Waals surface area contributed by atoms with E-state index >= 15 is 0 Å². The summed E-state index contributed by atoms with van der Waals surface area (Å²) in [6.07, 6.45) is 3.71. The summed E-state index contributed by atoms with van der Waals surface area (Å²) >= 11 is 5.50. The first kappa shape index (κ1) is 15.8. The molecule has 0 bridgehead atoms. The molecule has 0 saturated heterocycles. The van der Waals surface area contributed by atoms with Crippen molar-refractivity contribution in [1.82, 2.24) is 4.90 Å². The molecule has 1 aliphatic carbocycles. The molecule has 4 nitrogen and oxygen atoms in total. The fourth-order valence-corrected chi connectivity index (χ4v) is 2.45. The molecule has 1 aromatic rings. The lowest BCUT2D eigenvalue weighted by Crippen LogP contribution is -2.36. The Kier molecular flexibility index (Phi) is 5.56. The Balaban J connectivity index is 1.95. The highest BCUT2D eigenvalue weighted by Gasteiger charge is 2.25. The minimum absolute atomic E-state index is 0.328. The Morgan fingerprint density at radius 1 is 1.38 bits per heavy atom. The van der Waals surface area contributed by atoms with Crippen molar-refractivity contribution in [2.24, 2.45) is 5.92 Å². The number of nitrogens with one attached hydrogen (secondary N) is 1. The summed E-state index contributed by atoms with van der Waals surface area (Å²) in [6.45, 7) is 4.18. The van der Waals surface area contributed by atoms with Gasteiger partial charge in [-0.25, -0.2) is 4.79 Å². The second-order valence-electron chi connectivity index (χ2n) is 5.39. The number of hydrogen-bond donors (Lipinski definition) is 1. The third-order valence-corrected chi connectivity index (χ3v) is 3.87. The molecule has 0 atom stereocenters. The maximum absolute atomic E-state index is 11.4. The topological polar surface area (TPSA) is 41.6 Å². The molecule has 1 aromatic carbocycles. The average molecular weight is 306 g/mol. The van der Waals surface area contributed by atoms with Gasteiger partial charge in [0, 0.05) is 18.8 Å². The Morgan fingerprint density at radius 2 is 2.05 bits per heavy atom. The predicted octanol–water partition coefficient (Wildman–Crippen LogP) is 3.29. The van der Waals surface area contributed by atoms with Gasteiger partial charge >= 0.3 is 5.97 Å². The summed E-state index contributed by atoms with van der Waals surface area (Å²) < 4.78 is 4.68. The molecular formula is C16H22N2O2S. The molecular weight excluding hydrogens is 284 g/mol. The van der Waals surface area contributed by atoms with E-state index in [1.54, 1.807) is 12.1 Å². The van der Waals surface area contributed by atoms with Gasteiger partial charge in [0.1, 0.15) is 0 Å². The van der Waals surface area contributed by atoms with Crippen LogP contribution < -0.4 is 5.32 Å². The number of carbonyl (C=O) groups excluding carboxylic acids is 1. The summed E-state index contributed by atoms with van der Waals surface area (Å²) in [5.74, 6) is 0.475. The third kappa shape index (κ3) is 4.70. The standard InChI is InChI=1S/C16H22N2O2S/c1-3-10-18(11-12-4-5-12)16(21)17-14-8-6-13(7-9-14)15(19)20-2/h6-9,12H,3-5,10-11H2,1-2H3,(H,17,21). The Bertz CT molecular complexity index is 498. The van der Waals surface area contributed by atoms with Crippen molar-refractivity contribution in [3.05, 3.63) is 29.8 Å². The molecule has 0 aromatic heterocycles. The summed E-state index contributed by atoms with van der Waals surface area (Å²) in [6, 6.07) is 7.17. The number of hydrogen-bond acceptors (Lipinski definition) is 3. The molecule has 1 aliphatic rings. The van der Waals surface area contributed by atoms with E-state index in [0.717, 1.165) is 36.2 Å². The fourth-order valence-electron chi connectivity index (χ4n) is 2.17. The SMILES string of the molecule is CCCN(CC1CC1)C(=S)Nc1ccc(C(=O)OC)cc1. The molecule has 1 N–H and O–H groups in total. The number of carbonyl (C=O) groups is 1. The zero-order valence-electron chi connectivity index (χ0n) is 12.6. The number of rotatable bonds is 6. The maximum Gasteiger partial charge on any atom is 0.337 e. The summed E-state index contributed by atoms with van der Waals surface area (Å²) in [5.41, 5.74) is 1.43. The monoisotopic (exact) mass is 306 g/mol. The molecule has 21 heavy (non-hydrogen) atoms. The van der Waals surface area contributed by atoms with Crippen molar-refractivity contribution in [1.29, 1.82) is 0 Å². The molecule has 1 fully saturated rings. The Morgan fingerprint density at radius 3 is 2.57 bits per heavy atom. The molecule has 0 amide bonds. The number of thiocarbonyl (C=S) groups is 1. The third-order valence-electron chi connectivity index (χ3n) is 3.51. The molecule has 1 saturated carbocycles. The van der Waals surface area contributed by atoms with Crippen LogP contribution in [0.3, 0.4) is 0 Å². The molecule has 0 radical (unpaired) electrons. The van der Waals surface area contributed by atoms with E-state index in [1.807, 2.05) is 12.1 Å². The van der Waals surface area contributed by atoms with E-state index in [4.69, 9.17) is 12.2 Å². The van der Waals surface area contributed by atoms with E-state index in [2.05, 4.69) is 21.9 Å². The predicted molar refractivity (Wildman–Crippen MR) is 88.6 cm³/mol. The molecule has 0 unspecified atom stereocenters. The van der Waals surface area contributed by atoms with Crippen LogP contribution in [0, 0.1) is 5.92 Å². The zero-order valence-corrected chi connectivity index (χ0v) is 13.4. The van der Waals surface area contributed by atoms with Crippen LogP contribution in [0.5, 0.6) is 0 Å². The summed E-state index contributed by atoms with van der Waals surface area (Å²) in [5, 5.41) is 4.01. The Labute approximate surface area is 131 Å². The lowest BCUT2D eigenvalue weighted by molar-refractivity contribution is 0.0601. The molecule has 0 aliphatic heterocycles. The van der Waals surface area contributed by atoms with Gasteiger partial charge < -0.3 is 15.0 Å². The van der Waals surface area contributed by atoms with Crippen LogP contribution in [-0.4, -0.2) is 36.2 Å². The highest BCUT2D eigenvalue weighted by molar-refractivity contribution is 7.80. The quantitative estimate of drug-likeness (QED) is 0.645. The van der Waals surface area contributed by atoms with Crippen LogP contribution in [0.25, 0.3) is 0 Å². The smallest absolute Gasteiger partial charge is 0.337 e. The second-order valence-corrected chi connectivity index (χ2v) is 5.78. The van der Waals surface area contributed by atoms with Crippen LogP contribution in [-0.2, 0) is 4.74 Å². The molecule has 2 rings (SSSR count). The second kappa shape index (κ2) is 7.41. The first-order chi connectivity index (χ1) is 10.1. The van der Waals surface area contributed by atoms with Crippen molar-refractivity contribution in [2.75, 3.05) is 25.5 Å². The van der Waals surface area contributed by atoms with Crippen LogP contribution in [0.15, 0.2) is 24.3 Å². The van der Waals surface area contributed by atoms with Gasteiger partial charge in [-0.2, -0.15) is 0 Å². The van der Waals surface area contributed by atoms with Crippen LogP contribution in [0.2, 0.25) is 0 Å². The zero-order chi connectivity index (χ0) is 15.2. The van der Waals surface area contributed by atoms with Crippen LogP contribution in [0.4, 0.5) is 5.69 Å². The van der Waals surface area contributed by atoms with Crippen molar-refractivity contribution in [2.45, 2.75) is 26.2 Å². The van der Waals surface area contributed by atoms with E-state index in [-0.39, 0.29) is 5.97 Å². The number of nitrogens with zero attached hydrogens (tertiary/aromatic N) is 1. The van der Waals surface area contributed by atoms with Gasteiger partial charge in [0.05, 0.1) is 12.7 Å². The molecule has 5 heteroatoms. The first-order valence-electron chi connectivity index (χ1n) is 7.38. The van der Waals surface area contributed by atoms with Crippen molar-refractivity contribution in [3.63, 3.8) is 0 Å². The minimum atomic E-state index is -0.328. The average Bonchev–Trinajstić information content (AvgIpc) is 3.31. The number of methoxy groups -OCH3 is 1. The number of esters is 1. The first-order valence-corrected chi connectivity index (χ1v) is 7.79. The van der Waals surface area contributed by atoms with Gasteiger partial charge in [-0.3, -0.25) is 0 Å². The maximum atomic E-state index is 11.4. The molecule has 114 valence electrons. The number of anilines is 1. The van der Waals surface area contributed by atoms with Crippen LogP contribution in [0.1, 0.15) is 36.5 Å². The molecule has 0 spiro atoms. The molecule has 0 heterocycles. The highest BCUT2D eigenvalue weighted by atomic mass is 32.1.